The number of benzene rings is 3. The molecule has 3 heterocycles. The third-order valence-electron chi connectivity index (χ3n) is 5.14. The van der Waals surface area contributed by atoms with Gasteiger partial charge in [-0.2, -0.15) is 0 Å². The maximum Gasteiger partial charge on any atom is 0.153 e. The first-order valence-corrected chi connectivity index (χ1v) is 9.22. The van der Waals surface area contributed by atoms with Crippen LogP contribution in [-0.4, -0.2) is 4.98 Å². The van der Waals surface area contributed by atoms with E-state index >= 15 is 0 Å². The molecule has 3 aromatic carbocycles. The Balaban J connectivity index is 1.55. The van der Waals surface area contributed by atoms with Gasteiger partial charge in [-0.3, -0.25) is 4.98 Å². The smallest absolute Gasteiger partial charge is 0.153 e. The molecule has 0 fully saturated rings. The van der Waals surface area contributed by atoms with Crippen molar-refractivity contribution in [1.29, 1.82) is 0 Å². The fourth-order valence-electron chi connectivity index (χ4n) is 3.79. The summed E-state index contributed by atoms with van der Waals surface area (Å²) in [5.74, 6) is 0.844. The van der Waals surface area contributed by atoms with E-state index in [4.69, 9.17) is 8.83 Å². The first kappa shape index (κ1) is 15.2. The maximum absolute atomic E-state index is 6.16. The highest BCUT2D eigenvalue weighted by Gasteiger charge is 2.14. The minimum atomic E-state index is 0.777. The first-order chi connectivity index (χ1) is 13.9. The van der Waals surface area contributed by atoms with E-state index in [0.717, 1.165) is 55.5 Å². The second-order valence-corrected chi connectivity index (χ2v) is 6.86. The predicted molar refractivity (Wildman–Crippen MR) is 112 cm³/mol. The third-order valence-corrected chi connectivity index (χ3v) is 5.14. The average molecular weight is 361 g/mol. The second kappa shape index (κ2) is 5.83. The number of rotatable bonds is 2. The van der Waals surface area contributed by atoms with Gasteiger partial charge in [0.2, 0.25) is 0 Å². The lowest BCUT2D eigenvalue weighted by atomic mass is 10.1. The Morgan fingerprint density at radius 3 is 2.39 bits per heavy atom. The molecule has 3 heteroatoms. The molecular formula is C25H15NO2. The van der Waals surface area contributed by atoms with Crippen molar-refractivity contribution in [3.05, 3.63) is 91.1 Å². The van der Waals surface area contributed by atoms with Crippen molar-refractivity contribution in [2.24, 2.45) is 0 Å². The molecule has 6 aromatic rings. The first-order valence-electron chi connectivity index (χ1n) is 9.22. The van der Waals surface area contributed by atoms with Crippen LogP contribution in [0.3, 0.4) is 0 Å². The molecule has 0 unspecified atom stereocenters. The van der Waals surface area contributed by atoms with Gasteiger partial charge in [0.15, 0.2) is 5.58 Å². The van der Waals surface area contributed by atoms with Crippen molar-refractivity contribution in [2.45, 2.75) is 0 Å². The zero-order chi connectivity index (χ0) is 18.5. The van der Waals surface area contributed by atoms with Crippen LogP contribution in [0.1, 0.15) is 0 Å². The van der Waals surface area contributed by atoms with Crippen molar-refractivity contribution < 1.29 is 8.83 Å². The summed E-state index contributed by atoms with van der Waals surface area (Å²) >= 11 is 0. The summed E-state index contributed by atoms with van der Waals surface area (Å²) in [5, 5.41) is 3.25. The second-order valence-electron chi connectivity index (χ2n) is 6.86. The third kappa shape index (κ3) is 2.26. The number of fused-ring (bicyclic) bond motifs is 4. The van der Waals surface area contributed by atoms with Gasteiger partial charge in [0.25, 0.3) is 0 Å². The van der Waals surface area contributed by atoms with Gasteiger partial charge in [0.1, 0.15) is 16.9 Å². The topological polar surface area (TPSA) is 39.2 Å². The molecule has 0 N–H and O–H groups in total. The highest BCUT2D eigenvalue weighted by atomic mass is 16.3. The van der Waals surface area contributed by atoms with E-state index in [1.54, 1.807) is 6.20 Å². The van der Waals surface area contributed by atoms with E-state index in [1.165, 1.54) is 0 Å². The molecule has 6 rings (SSSR count). The number of hydrogen-bond acceptors (Lipinski definition) is 3. The van der Waals surface area contributed by atoms with E-state index in [2.05, 4.69) is 41.4 Å². The Morgan fingerprint density at radius 2 is 1.46 bits per heavy atom. The largest absolute Gasteiger partial charge is 0.455 e. The van der Waals surface area contributed by atoms with Gasteiger partial charge >= 0.3 is 0 Å². The van der Waals surface area contributed by atoms with E-state index in [0.29, 0.717) is 0 Å². The van der Waals surface area contributed by atoms with Gasteiger partial charge in [-0.1, -0.05) is 60.7 Å². The Labute approximate surface area is 160 Å². The SMILES string of the molecule is c1ccc(-c2cc3cc(-c4cccc5c4oc4ccccc45)ncc3o2)cc1. The summed E-state index contributed by atoms with van der Waals surface area (Å²) in [4.78, 5) is 4.65. The van der Waals surface area contributed by atoms with Gasteiger partial charge in [0, 0.05) is 27.3 Å². The van der Waals surface area contributed by atoms with Gasteiger partial charge < -0.3 is 8.83 Å². The van der Waals surface area contributed by atoms with Crippen molar-refractivity contribution in [2.75, 3.05) is 0 Å². The summed E-state index contributed by atoms with van der Waals surface area (Å²) in [6.07, 6.45) is 1.79. The molecule has 0 saturated carbocycles. The number of aromatic nitrogens is 1. The van der Waals surface area contributed by atoms with Crippen LogP contribution >= 0.6 is 0 Å². The monoisotopic (exact) mass is 361 g/mol. The van der Waals surface area contributed by atoms with Gasteiger partial charge in [0.05, 0.1) is 11.9 Å². The lowest BCUT2D eigenvalue weighted by Crippen LogP contribution is -1.83. The summed E-state index contributed by atoms with van der Waals surface area (Å²) < 4.78 is 12.2. The highest BCUT2D eigenvalue weighted by molar-refractivity contribution is 6.09. The number of furan rings is 2. The molecule has 0 spiro atoms. The van der Waals surface area contributed by atoms with Crippen LogP contribution in [0.5, 0.6) is 0 Å². The van der Waals surface area contributed by atoms with E-state index < -0.39 is 0 Å². The molecule has 3 nitrogen and oxygen atoms in total. The zero-order valence-corrected chi connectivity index (χ0v) is 14.9. The Kier molecular flexibility index (Phi) is 3.17. The normalized spacial score (nSPS) is 11.6. The fraction of sp³-hybridized carbons (Fsp3) is 0. The van der Waals surface area contributed by atoms with Crippen LogP contribution in [0.15, 0.2) is 100.0 Å². The maximum atomic E-state index is 6.16. The molecule has 0 aliphatic rings. The summed E-state index contributed by atoms with van der Waals surface area (Å²) in [5.41, 5.74) is 5.44. The minimum Gasteiger partial charge on any atom is -0.455 e. The van der Waals surface area contributed by atoms with E-state index in [9.17, 15) is 0 Å². The number of hydrogen-bond donors (Lipinski definition) is 0. The molecule has 0 atom stereocenters. The molecule has 0 amide bonds. The number of nitrogens with zero attached hydrogens (tertiary/aromatic N) is 1. The Bertz CT molecular complexity index is 1460. The predicted octanol–water partition coefficient (Wildman–Crippen LogP) is 7.06. The Morgan fingerprint density at radius 1 is 0.643 bits per heavy atom. The molecule has 0 saturated heterocycles. The zero-order valence-electron chi connectivity index (χ0n) is 14.9. The van der Waals surface area contributed by atoms with E-state index in [-0.39, 0.29) is 0 Å². The quantitative estimate of drug-likeness (QED) is 0.331. The Hall–Kier alpha value is -3.85. The highest BCUT2D eigenvalue weighted by Crippen LogP contribution is 2.36. The van der Waals surface area contributed by atoms with Crippen LogP contribution in [0, 0.1) is 0 Å². The summed E-state index contributed by atoms with van der Waals surface area (Å²) in [6.45, 7) is 0. The van der Waals surface area contributed by atoms with Crippen LogP contribution in [0.4, 0.5) is 0 Å². The molecule has 132 valence electrons. The van der Waals surface area contributed by atoms with Crippen LogP contribution in [0.2, 0.25) is 0 Å². The van der Waals surface area contributed by atoms with Crippen LogP contribution in [-0.2, 0) is 0 Å². The van der Waals surface area contributed by atoms with Gasteiger partial charge in [-0.05, 0) is 24.3 Å². The molecule has 28 heavy (non-hydrogen) atoms. The van der Waals surface area contributed by atoms with Gasteiger partial charge in [-0.15, -0.1) is 0 Å². The van der Waals surface area contributed by atoms with Crippen molar-refractivity contribution in [3.63, 3.8) is 0 Å². The summed E-state index contributed by atoms with van der Waals surface area (Å²) in [7, 11) is 0. The van der Waals surface area contributed by atoms with Crippen molar-refractivity contribution in [1.82, 2.24) is 4.98 Å². The molecule has 0 bridgehead atoms. The standard InChI is InChI=1S/C25H15NO2/c1-2-7-16(8-3-1)23-14-17-13-21(26-15-24(17)27-23)20-11-6-10-19-18-9-4-5-12-22(18)28-25(19)20/h1-15H. The van der Waals surface area contributed by atoms with Gasteiger partial charge in [-0.25, -0.2) is 0 Å². The lowest BCUT2D eigenvalue weighted by molar-refractivity contribution is 0.630. The molecule has 0 radical (unpaired) electrons. The molecule has 3 aromatic heterocycles. The van der Waals surface area contributed by atoms with Crippen LogP contribution in [0.25, 0.3) is 55.5 Å². The fourth-order valence-corrected chi connectivity index (χ4v) is 3.79. The van der Waals surface area contributed by atoms with Crippen LogP contribution < -0.4 is 0 Å². The van der Waals surface area contributed by atoms with Crippen molar-refractivity contribution in [3.8, 4) is 22.6 Å². The minimum absolute atomic E-state index is 0.777. The van der Waals surface area contributed by atoms with E-state index in [1.807, 2.05) is 48.5 Å². The average Bonchev–Trinajstić information content (AvgIpc) is 3.35. The molecule has 0 aliphatic carbocycles. The molecular weight excluding hydrogens is 346 g/mol. The van der Waals surface area contributed by atoms with Crippen molar-refractivity contribution >= 4 is 32.9 Å². The number of pyridine rings is 1. The lowest BCUT2D eigenvalue weighted by Gasteiger charge is -2.01. The summed E-state index contributed by atoms with van der Waals surface area (Å²) in [6, 6.07) is 28.5. The molecule has 0 aliphatic heterocycles. The number of para-hydroxylation sites is 2.